The first-order valence-corrected chi connectivity index (χ1v) is 7.41. The Morgan fingerprint density at radius 1 is 1.37 bits per heavy atom. The number of ether oxygens (including phenoxy) is 1. The highest BCUT2D eigenvalue weighted by atomic mass is 16.5. The van der Waals surface area contributed by atoms with Crippen molar-refractivity contribution in [1.82, 2.24) is 4.90 Å². The molecule has 110 valence electrons. The molecule has 0 aliphatic heterocycles. The van der Waals surface area contributed by atoms with Gasteiger partial charge in [0.1, 0.15) is 0 Å². The van der Waals surface area contributed by atoms with Crippen LogP contribution in [0.25, 0.3) is 0 Å². The third-order valence-corrected chi connectivity index (χ3v) is 4.83. The molecule has 0 heterocycles. The van der Waals surface area contributed by atoms with Gasteiger partial charge in [0, 0.05) is 19.2 Å². The van der Waals surface area contributed by atoms with Crippen molar-refractivity contribution in [3.05, 3.63) is 0 Å². The molecule has 0 saturated heterocycles. The molecule has 4 unspecified atom stereocenters. The minimum absolute atomic E-state index is 0.169. The molecule has 0 aromatic carbocycles. The molecule has 0 N–H and O–H groups in total. The smallest absolute Gasteiger partial charge is 0.0672 e. The number of likely N-dealkylation sites (N-methyl/N-ethyl adjacent to an activating group) is 1. The quantitative estimate of drug-likeness (QED) is 0.783. The number of hydrogen-bond acceptors (Lipinski definition) is 3. The normalized spacial score (nSPS) is 30.1. The van der Waals surface area contributed by atoms with Crippen molar-refractivity contribution < 1.29 is 4.74 Å². The van der Waals surface area contributed by atoms with Crippen LogP contribution in [-0.2, 0) is 4.74 Å². The van der Waals surface area contributed by atoms with Gasteiger partial charge in [0.05, 0.1) is 18.6 Å². The second kappa shape index (κ2) is 6.72. The van der Waals surface area contributed by atoms with Gasteiger partial charge in [-0.1, -0.05) is 20.8 Å². The molecule has 0 amide bonds. The highest BCUT2D eigenvalue weighted by Gasteiger charge is 2.38. The molecule has 1 rings (SSSR count). The first-order valence-electron chi connectivity index (χ1n) is 7.41. The van der Waals surface area contributed by atoms with Gasteiger partial charge in [-0.3, -0.25) is 4.90 Å². The average molecular weight is 266 g/mol. The summed E-state index contributed by atoms with van der Waals surface area (Å²) in [5, 5.41) is 9.40. The van der Waals surface area contributed by atoms with Crippen molar-refractivity contribution in [1.29, 1.82) is 5.26 Å². The molecule has 1 fully saturated rings. The lowest BCUT2D eigenvalue weighted by molar-refractivity contribution is 0.0295. The van der Waals surface area contributed by atoms with Gasteiger partial charge < -0.3 is 4.74 Å². The zero-order chi connectivity index (χ0) is 14.6. The first kappa shape index (κ1) is 16.5. The van der Waals surface area contributed by atoms with Gasteiger partial charge in [-0.05, 0) is 44.6 Å². The standard InChI is InChI=1S/C16H30N2O/c1-12(11-19-6)18(5)15-9-14(16(2,3)4)8-7-13(15)10-17/h12-15H,7-9,11H2,1-6H3. The maximum absolute atomic E-state index is 9.40. The second-order valence-electron chi connectivity index (χ2n) is 7.15. The maximum Gasteiger partial charge on any atom is 0.0672 e. The number of hydrogen-bond donors (Lipinski definition) is 0. The Balaban J connectivity index is 2.78. The Morgan fingerprint density at radius 3 is 2.47 bits per heavy atom. The summed E-state index contributed by atoms with van der Waals surface area (Å²) in [6.07, 6.45) is 3.35. The molecule has 0 bridgehead atoms. The summed E-state index contributed by atoms with van der Waals surface area (Å²) in [6, 6.07) is 3.26. The molecule has 0 radical (unpaired) electrons. The van der Waals surface area contributed by atoms with Gasteiger partial charge in [0.25, 0.3) is 0 Å². The summed E-state index contributed by atoms with van der Waals surface area (Å²) in [4.78, 5) is 2.36. The molecule has 19 heavy (non-hydrogen) atoms. The number of nitriles is 1. The van der Waals surface area contributed by atoms with Crippen LogP contribution in [0, 0.1) is 28.6 Å². The van der Waals surface area contributed by atoms with E-state index in [1.165, 1.54) is 6.42 Å². The van der Waals surface area contributed by atoms with Gasteiger partial charge >= 0.3 is 0 Å². The molecular weight excluding hydrogens is 236 g/mol. The van der Waals surface area contributed by atoms with Crippen molar-refractivity contribution >= 4 is 0 Å². The Hall–Kier alpha value is -0.590. The largest absolute Gasteiger partial charge is 0.383 e. The molecule has 0 spiro atoms. The Kier molecular flexibility index (Phi) is 5.82. The molecule has 0 aromatic rings. The monoisotopic (exact) mass is 266 g/mol. The topological polar surface area (TPSA) is 36.3 Å². The average Bonchev–Trinajstić information content (AvgIpc) is 2.36. The van der Waals surface area contributed by atoms with Gasteiger partial charge in [0.2, 0.25) is 0 Å². The third-order valence-electron chi connectivity index (χ3n) is 4.83. The van der Waals surface area contributed by atoms with E-state index in [2.05, 4.69) is 45.7 Å². The zero-order valence-corrected chi connectivity index (χ0v) is 13.4. The molecule has 3 nitrogen and oxygen atoms in total. The predicted molar refractivity (Wildman–Crippen MR) is 78.8 cm³/mol. The minimum atomic E-state index is 0.169. The molecule has 4 atom stereocenters. The van der Waals surface area contributed by atoms with E-state index in [4.69, 9.17) is 4.74 Å². The fourth-order valence-corrected chi connectivity index (χ4v) is 3.22. The van der Waals surface area contributed by atoms with E-state index < -0.39 is 0 Å². The second-order valence-corrected chi connectivity index (χ2v) is 7.15. The summed E-state index contributed by atoms with van der Waals surface area (Å²) >= 11 is 0. The minimum Gasteiger partial charge on any atom is -0.383 e. The molecule has 1 saturated carbocycles. The van der Waals surface area contributed by atoms with Crippen molar-refractivity contribution in [3.63, 3.8) is 0 Å². The maximum atomic E-state index is 9.40. The van der Waals surface area contributed by atoms with Crippen LogP contribution in [-0.4, -0.2) is 37.7 Å². The Morgan fingerprint density at radius 2 is 2.00 bits per heavy atom. The summed E-state index contributed by atoms with van der Waals surface area (Å²) in [5.41, 5.74) is 0.337. The lowest BCUT2D eigenvalue weighted by Gasteiger charge is -2.44. The van der Waals surface area contributed by atoms with Crippen molar-refractivity contribution in [2.45, 2.75) is 59.0 Å². The number of nitrogens with zero attached hydrogens (tertiary/aromatic N) is 2. The van der Waals surface area contributed by atoms with E-state index in [-0.39, 0.29) is 5.92 Å². The van der Waals surface area contributed by atoms with E-state index in [1.54, 1.807) is 7.11 Å². The van der Waals surface area contributed by atoms with Crippen molar-refractivity contribution in [2.24, 2.45) is 17.3 Å². The van der Waals surface area contributed by atoms with Crippen LogP contribution in [0.1, 0.15) is 47.0 Å². The Labute approximate surface area is 118 Å². The first-order chi connectivity index (χ1) is 8.81. The van der Waals surface area contributed by atoms with Crippen LogP contribution in [0.15, 0.2) is 0 Å². The Bertz CT molecular complexity index is 316. The van der Waals surface area contributed by atoms with E-state index in [9.17, 15) is 5.26 Å². The zero-order valence-electron chi connectivity index (χ0n) is 13.4. The van der Waals surface area contributed by atoms with E-state index in [1.807, 2.05) is 0 Å². The van der Waals surface area contributed by atoms with Gasteiger partial charge in [0.15, 0.2) is 0 Å². The lowest BCUT2D eigenvalue weighted by Crippen LogP contribution is -2.48. The summed E-state index contributed by atoms with van der Waals surface area (Å²) < 4.78 is 5.25. The predicted octanol–water partition coefficient (Wildman–Crippen LogP) is 3.31. The van der Waals surface area contributed by atoms with Gasteiger partial charge in [-0.2, -0.15) is 5.26 Å². The van der Waals surface area contributed by atoms with Gasteiger partial charge in [-0.25, -0.2) is 0 Å². The SMILES string of the molecule is COCC(C)N(C)C1CC(C(C)(C)C)CCC1C#N. The number of rotatable bonds is 4. The third kappa shape index (κ3) is 4.19. The summed E-state index contributed by atoms with van der Waals surface area (Å²) in [7, 11) is 3.88. The van der Waals surface area contributed by atoms with E-state index in [0.29, 0.717) is 23.4 Å². The van der Waals surface area contributed by atoms with Crippen molar-refractivity contribution in [2.75, 3.05) is 20.8 Å². The van der Waals surface area contributed by atoms with Crippen LogP contribution < -0.4 is 0 Å². The molecule has 3 heteroatoms. The fraction of sp³-hybridized carbons (Fsp3) is 0.938. The van der Waals surface area contributed by atoms with E-state index in [0.717, 1.165) is 19.4 Å². The highest BCUT2D eigenvalue weighted by Crippen LogP contribution is 2.41. The van der Waals surface area contributed by atoms with Gasteiger partial charge in [-0.15, -0.1) is 0 Å². The molecule has 1 aliphatic rings. The summed E-state index contributed by atoms with van der Waals surface area (Å²) in [5.74, 6) is 0.877. The van der Waals surface area contributed by atoms with Crippen LogP contribution in [0.3, 0.4) is 0 Å². The van der Waals surface area contributed by atoms with Crippen LogP contribution in [0.2, 0.25) is 0 Å². The molecule has 0 aromatic heterocycles. The highest BCUT2D eigenvalue weighted by molar-refractivity contribution is 4.99. The number of methoxy groups -OCH3 is 1. The lowest BCUT2D eigenvalue weighted by atomic mass is 9.67. The van der Waals surface area contributed by atoms with Crippen molar-refractivity contribution in [3.8, 4) is 6.07 Å². The van der Waals surface area contributed by atoms with Crippen LogP contribution in [0.4, 0.5) is 0 Å². The van der Waals surface area contributed by atoms with Crippen LogP contribution >= 0.6 is 0 Å². The van der Waals surface area contributed by atoms with Crippen LogP contribution in [0.5, 0.6) is 0 Å². The molecular formula is C16H30N2O. The molecule has 1 aliphatic carbocycles. The summed E-state index contributed by atoms with van der Waals surface area (Å²) in [6.45, 7) is 9.87. The fourth-order valence-electron chi connectivity index (χ4n) is 3.22. The van der Waals surface area contributed by atoms with E-state index >= 15 is 0 Å².